The van der Waals surface area contributed by atoms with Crippen molar-refractivity contribution in [1.82, 2.24) is 24.8 Å². The van der Waals surface area contributed by atoms with E-state index in [-0.39, 0.29) is 46.4 Å². The number of piperazine rings is 1. The molecule has 214 valence electrons. The molecule has 0 N–H and O–H groups in total. The van der Waals surface area contributed by atoms with E-state index in [9.17, 15) is 4.79 Å². The number of nitrogens with zero attached hydrogens (tertiary/aromatic N) is 6. The van der Waals surface area contributed by atoms with E-state index in [1.54, 1.807) is 0 Å². The predicted molar refractivity (Wildman–Crippen MR) is 151 cm³/mol. The molecule has 4 saturated heterocycles. The maximum Gasteiger partial charge on any atom is 0.410 e. The maximum absolute atomic E-state index is 15.3. The molecule has 3 atom stereocenters. The summed E-state index contributed by atoms with van der Waals surface area (Å²) in [6, 6.07) is -0.157. The Morgan fingerprint density at radius 3 is 2.58 bits per heavy atom. The van der Waals surface area contributed by atoms with Gasteiger partial charge in [0.25, 0.3) is 0 Å². The summed E-state index contributed by atoms with van der Waals surface area (Å²) in [4.78, 5) is 32.8. The first-order valence-electron chi connectivity index (χ1n) is 13.9. The molecular formula is C29H36ClFN6O3. The average molecular weight is 571 g/mol. The highest BCUT2D eigenvalue weighted by Crippen LogP contribution is 2.43. The van der Waals surface area contributed by atoms with Crippen LogP contribution in [0.2, 0.25) is 5.15 Å². The number of pyridine rings is 1. The number of fused-ring (bicyclic) bond motifs is 4. The van der Waals surface area contributed by atoms with Crippen molar-refractivity contribution in [3.8, 4) is 6.01 Å². The lowest BCUT2D eigenvalue weighted by atomic mass is 9.92. The molecule has 40 heavy (non-hydrogen) atoms. The van der Waals surface area contributed by atoms with Crippen LogP contribution in [-0.2, 0) is 4.74 Å². The molecule has 6 rings (SSSR count). The first-order chi connectivity index (χ1) is 18.8. The Balaban J connectivity index is 1.33. The van der Waals surface area contributed by atoms with Crippen LogP contribution in [0, 0.1) is 5.82 Å². The lowest BCUT2D eigenvalue weighted by molar-refractivity contribution is 0.00832. The van der Waals surface area contributed by atoms with Crippen LogP contribution in [0.1, 0.15) is 53.4 Å². The van der Waals surface area contributed by atoms with Crippen molar-refractivity contribution in [2.24, 2.45) is 0 Å². The number of ether oxygens (including phenoxy) is 2. The van der Waals surface area contributed by atoms with Crippen molar-refractivity contribution in [2.45, 2.75) is 82.6 Å². The minimum Gasteiger partial charge on any atom is -0.461 e. The lowest BCUT2D eigenvalue weighted by Gasteiger charge is -2.46. The van der Waals surface area contributed by atoms with Gasteiger partial charge >= 0.3 is 12.1 Å². The van der Waals surface area contributed by atoms with Crippen LogP contribution in [-0.4, -0.2) is 86.4 Å². The molecule has 11 heteroatoms. The Morgan fingerprint density at radius 2 is 1.90 bits per heavy atom. The fourth-order valence-electron chi connectivity index (χ4n) is 6.98. The number of rotatable bonds is 4. The second-order valence-electron chi connectivity index (χ2n) is 12.8. The first-order valence-corrected chi connectivity index (χ1v) is 14.2. The van der Waals surface area contributed by atoms with E-state index in [4.69, 9.17) is 26.1 Å². The minimum absolute atomic E-state index is 0.0583. The van der Waals surface area contributed by atoms with E-state index in [1.807, 2.05) is 25.7 Å². The van der Waals surface area contributed by atoms with Crippen molar-refractivity contribution >= 4 is 34.4 Å². The molecule has 1 amide bonds. The number of halogens is 2. The molecule has 0 aromatic carbocycles. The van der Waals surface area contributed by atoms with Gasteiger partial charge < -0.3 is 14.4 Å². The largest absolute Gasteiger partial charge is 0.461 e. The monoisotopic (exact) mass is 570 g/mol. The van der Waals surface area contributed by atoms with Crippen LogP contribution in [0.5, 0.6) is 6.01 Å². The van der Waals surface area contributed by atoms with E-state index >= 15 is 4.39 Å². The van der Waals surface area contributed by atoms with Crippen LogP contribution in [0.3, 0.4) is 0 Å². The SMILES string of the molecule is C=C1CN2CC(=C)CC2(COc2nc(N3C[C@H]4CC[C@@H]([C@H]3C)N4C(=O)OC(C)(C)C)c3cnc(Cl)c(F)c3n2)C1. The highest BCUT2D eigenvalue weighted by molar-refractivity contribution is 6.30. The van der Waals surface area contributed by atoms with E-state index in [0.29, 0.717) is 24.4 Å². The fraction of sp³-hybridized carbons (Fsp3) is 0.586. The standard InChI is InChI=1S/C29H36ClFN6O3/c1-16-9-29(10-17(2)13-35(29)12-16)15-39-26-33-23-20(11-32-24(30)22(23)31)25(34-26)36-14-19-7-8-21(18(36)3)37(19)27(38)40-28(4,5)6/h11,18-19,21H,1-2,7-10,12-15H2,3-6H3/t18-,19-,21+/m1/s1. The molecule has 2 aromatic rings. The molecule has 9 nitrogen and oxygen atoms in total. The van der Waals surface area contributed by atoms with Crippen LogP contribution in [0.15, 0.2) is 30.5 Å². The van der Waals surface area contributed by atoms with Gasteiger partial charge in [-0.2, -0.15) is 9.97 Å². The zero-order chi connectivity index (χ0) is 28.6. The smallest absolute Gasteiger partial charge is 0.410 e. The number of carbonyl (C=O) groups excluding carboxylic acids is 1. The fourth-order valence-corrected chi connectivity index (χ4v) is 7.12. The summed E-state index contributed by atoms with van der Waals surface area (Å²) in [6.45, 7) is 18.5. The Morgan fingerprint density at radius 1 is 1.20 bits per heavy atom. The van der Waals surface area contributed by atoms with Crippen molar-refractivity contribution < 1.29 is 18.7 Å². The number of hydrogen-bond donors (Lipinski definition) is 0. The molecule has 2 aromatic heterocycles. The molecule has 0 unspecified atom stereocenters. The molecule has 0 saturated carbocycles. The zero-order valence-corrected chi connectivity index (χ0v) is 24.3. The normalized spacial score (nSPS) is 26.1. The van der Waals surface area contributed by atoms with Gasteiger partial charge in [0.2, 0.25) is 0 Å². The van der Waals surface area contributed by atoms with Crippen LogP contribution < -0.4 is 9.64 Å². The van der Waals surface area contributed by atoms with Crippen molar-refractivity contribution in [2.75, 3.05) is 31.1 Å². The lowest BCUT2D eigenvalue weighted by Crippen LogP contribution is -2.61. The van der Waals surface area contributed by atoms with Gasteiger partial charge in [-0.1, -0.05) is 35.9 Å². The Labute approximate surface area is 239 Å². The number of anilines is 1. The molecule has 0 radical (unpaired) electrons. The molecule has 0 spiro atoms. The molecule has 4 aliphatic rings. The third-order valence-electron chi connectivity index (χ3n) is 8.61. The Bertz CT molecular complexity index is 1390. The second kappa shape index (κ2) is 9.55. The molecule has 4 aliphatic heterocycles. The van der Waals surface area contributed by atoms with Crippen molar-refractivity contribution in [3.05, 3.63) is 41.5 Å². The minimum atomic E-state index is -0.709. The van der Waals surface area contributed by atoms with Gasteiger partial charge in [0.15, 0.2) is 11.0 Å². The van der Waals surface area contributed by atoms with E-state index in [2.05, 4.69) is 39.8 Å². The zero-order valence-electron chi connectivity index (χ0n) is 23.5. The molecular weight excluding hydrogens is 535 g/mol. The molecule has 6 heterocycles. The summed E-state index contributed by atoms with van der Waals surface area (Å²) in [5, 5.41) is 0.199. The van der Waals surface area contributed by atoms with E-state index in [1.165, 1.54) is 6.20 Å². The predicted octanol–water partition coefficient (Wildman–Crippen LogP) is 5.13. The second-order valence-corrected chi connectivity index (χ2v) is 13.1. The third kappa shape index (κ3) is 4.59. The van der Waals surface area contributed by atoms with Crippen molar-refractivity contribution in [1.29, 1.82) is 0 Å². The van der Waals surface area contributed by atoms with Crippen LogP contribution in [0.25, 0.3) is 10.9 Å². The topological polar surface area (TPSA) is 83.9 Å². The van der Waals surface area contributed by atoms with Crippen LogP contribution in [0.4, 0.5) is 15.0 Å². The van der Waals surface area contributed by atoms with Gasteiger partial charge in [-0.05, 0) is 53.4 Å². The van der Waals surface area contributed by atoms with Gasteiger partial charge in [0, 0.05) is 31.9 Å². The summed E-state index contributed by atoms with van der Waals surface area (Å²) in [6.07, 6.45) is 4.52. The van der Waals surface area contributed by atoms with Gasteiger partial charge in [-0.15, -0.1) is 0 Å². The van der Waals surface area contributed by atoms with Gasteiger partial charge in [-0.3, -0.25) is 9.80 Å². The Hall–Kier alpha value is -2.98. The summed E-state index contributed by atoms with van der Waals surface area (Å²) in [5.74, 6) is -0.184. The first kappa shape index (κ1) is 27.2. The summed E-state index contributed by atoms with van der Waals surface area (Å²) < 4.78 is 27.3. The van der Waals surface area contributed by atoms with Gasteiger partial charge in [-0.25, -0.2) is 14.2 Å². The molecule has 0 aliphatic carbocycles. The summed E-state index contributed by atoms with van der Waals surface area (Å²) in [5.41, 5.74) is 1.56. The molecule has 4 fully saturated rings. The maximum atomic E-state index is 15.3. The van der Waals surface area contributed by atoms with Crippen LogP contribution >= 0.6 is 11.6 Å². The van der Waals surface area contributed by atoms with Gasteiger partial charge in [0.05, 0.1) is 23.0 Å². The highest BCUT2D eigenvalue weighted by atomic mass is 35.5. The molecule has 2 bridgehead atoms. The summed E-state index contributed by atoms with van der Waals surface area (Å²) >= 11 is 6.07. The number of amides is 1. The number of hydrogen-bond acceptors (Lipinski definition) is 8. The van der Waals surface area contributed by atoms with Crippen molar-refractivity contribution in [3.63, 3.8) is 0 Å². The van der Waals surface area contributed by atoms with Gasteiger partial charge in [0.1, 0.15) is 23.5 Å². The summed E-state index contributed by atoms with van der Waals surface area (Å²) in [7, 11) is 0. The van der Waals surface area contributed by atoms with E-state index in [0.717, 1.165) is 49.9 Å². The average Bonchev–Trinajstić information content (AvgIpc) is 3.47. The number of carbonyl (C=O) groups is 1. The highest BCUT2D eigenvalue weighted by Gasteiger charge is 2.50. The Kier molecular flexibility index (Phi) is 6.49. The van der Waals surface area contributed by atoms with E-state index < -0.39 is 11.4 Å². The quantitative estimate of drug-likeness (QED) is 0.369. The number of aromatic nitrogens is 3. The third-order valence-corrected chi connectivity index (χ3v) is 8.87.